The number of rotatable bonds is 5. The predicted octanol–water partition coefficient (Wildman–Crippen LogP) is 1.75. The smallest absolute Gasteiger partial charge is 0.299 e. The lowest BCUT2D eigenvalue weighted by molar-refractivity contribution is -0.161. The zero-order valence-electron chi connectivity index (χ0n) is 7.34. The van der Waals surface area contributed by atoms with Gasteiger partial charge in [0.1, 0.15) is 24.2 Å². The van der Waals surface area contributed by atoms with E-state index in [0.717, 1.165) is 14.0 Å². The normalized spacial score (nSPS) is 13.5. The largest absolute Gasteiger partial charge is 0.432 e. The standard InChI is InChI=1S/C6H8F3NO3S/c1-4(3-11)5(6(7,8)9)10-14-13-12-2/h3,10H,1-2H3/b5-4+. The molecule has 0 aromatic heterocycles. The maximum absolute atomic E-state index is 12.2. The third kappa shape index (κ3) is 4.49. The van der Waals surface area contributed by atoms with Gasteiger partial charge in [-0.2, -0.15) is 13.2 Å². The molecule has 0 saturated heterocycles. The minimum absolute atomic E-state index is 0.100. The molecule has 0 spiro atoms. The van der Waals surface area contributed by atoms with Crippen molar-refractivity contribution < 1.29 is 27.2 Å². The van der Waals surface area contributed by atoms with Crippen molar-refractivity contribution in [2.24, 2.45) is 0 Å². The zero-order chi connectivity index (χ0) is 11.2. The summed E-state index contributed by atoms with van der Waals surface area (Å²) in [7, 11) is 1.14. The van der Waals surface area contributed by atoms with E-state index < -0.39 is 17.4 Å². The number of alkyl halides is 3. The Morgan fingerprint density at radius 2 is 2.07 bits per heavy atom. The van der Waals surface area contributed by atoms with Crippen LogP contribution in [0.3, 0.4) is 0 Å². The first-order chi connectivity index (χ1) is 6.43. The average molecular weight is 231 g/mol. The molecule has 8 heteroatoms. The summed E-state index contributed by atoms with van der Waals surface area (Å²) in [6.45, 7) is 1.04. The van der Waals surface area contributed by atoms with Crippen LogP contribution in [0.4, 0.5) is 13.2 Å². The molecule has 82 valence electrons. The summed E-state index contributed by atoms with van der Waals surface area (Å²) < 4.78 is 42.5. The second kappa shape index (κ2) is 5.89. The highest BCUT2D eigenvalue weighted by Gasteiger charge is 2.36. The summed E-state index contributed by atoms with van der Waals surface area (Å²) in [4.78, 5) is 14.2. The fraction of sp³-hybridized carbons (Fsp3) is 0.500. The van der Waals surface area contributed by atoms with Crippen molar-refractivity contribution in [2.75, 3.05) is 7.11 Å². The van der Waals surface area contributed by atoms with E-state index in [-0.39, 0.29) is 18.5 Å². The Kier molecular flexibility index (Phi) is 5.58. The Bertz CT molecular complexity index is 229. The first-order valence-corrected chi connectivity index (χ1v) is 4.03. The average Bonchev–Trinajstić information content (AvgIpc) is 2.09. The molecule has 14 heavy (non-hydrogen) atoms. The summed E-state index contributed by atoms with van der Waals surface area (Å²) in [5.41, 5.74) is -1.64. The van der Waals surface area contributed by atoms with Crippen LogP contribution in [0.2, 0.25) is 0 Å². The maximum Gasteiger partial charge on any atom is 0.432 e. The van der Waals surface area contributed by atoms with Crippen LogP contribution in [0.15, 0.2) is 11.3 Å². The van der Waals surface area contributed by atoms with E-state index in [0.29, 0.717) is 0 Å². The number of halogens is 3. The first-order valence-electron chi connectivity index (χ1n) is 3.29. The fourth-order valence-electron chi connectivity index (χ4n) is 0.514. The molecular weight excluding hydrogens is 223 g/mol. The molecule has 0 aliphatic rings. The number of aldehydes is 1. The van der Waals surface area contributed by atoms with Crippen molar-refractivity contribution >= 4 is 18.5 Å². The van der Waals surface area contributed by atoms with Gasteiger partial charge in [0.05, 0.1) is 7.11 Å². The van der Waals surface area contributed by atoms with Crippen LogP contribution in [0, 0.1) is 0 Å². The first kappa shape index (κ1) is 13.3. The maximum atomic E-state index is 12.2. The van der Waals surface area contributed by atoms with Gasteiger partial charge in [-0.15, -0.1) is 4.33 Å². The Morgan fingerprint density at radius 1 is 1.50 bits per heavy atom. The summed E-state index contributed by atoms with van der Waals surface area (Å²) in [6, 6.07) is 0. The van der Waals surface area contributed by atoms with Crippen LogP contribution in [-0.2, 0) is 14.0 Å². The molecule has 0 aliphatic heterocycles. The molecule has 4 nitrogen and oxygen atoms in total. The highest BCUT2D eigenvalue weighted by molar-refractivity contribution is 7.92. The van der Waals surface area contributed by atoms with Gasteiger partial charge in [0.25, 0.3) is 0 Å². The molecule has 0 bridgehead atoms. The van der Waals surface area contributed by atoms with Crippen molar-refractivity contribution in [3.05, 3.63) is 11.3 Å². The summed E-state index contributed by atoms with van der Waals surface area (Å²) in [5.74, 6) is 0. The molecule has 0 amide bonds. The van der Waals surface area contributed by atoms with Crippen molar-refractivity contribution in [1.29, 1.82) is 0 Å². The van der Waals surface area contributed by atoms with Crippen molar-refractivity contribution in [3.8, 4) is 0 Å². The lowest BCUT2D eigenvalue weighted by Gasteiger charge is -2.13. The highest BCUT2D eigenvalue weighted by Crippen LogP contribution is 2.27. The minimum Gasteiger partial charge on any atom is -0.299 e. The number of carbonyl (C=O) groups excluding carboxylic acids is 1. The predicted molar refractivity (Wildman–Crippen MR) is 43.6 cm³/mol. The monoisotopic (exact) mass is 231 g/mol. The van der Waals surface area contributed by atoms with Crippen LogP contribution in [0.1, 0.15) is 6.92 Å². The van der Waals surface area contributed by atoms with Crippen LogP contribution < -0.4 is 4.72 Å². The fourth-order valence-corrected chi connectivity index (χ4v) is 0.976. The van der Waals surface area contributed by atoms with E-state index in [2.05, 4.69) is 9.22 Å². The van der Waals surface area contributed by atoms with E-state index in [1.54, 1.807) is 4.72 Å². The van der Waals surface area contributed by atoms with Gasteiger partial charge in [-0.25, -0.2) is 4.89 Å². The van der Waals surface area contributed by atoms with Crippen LogP contribution >= 0.6 is 12.2 Å². The Labute approximate surface area is 82.7 Å². The number of carbonyl (C=O) groups is 1. The van der Waals surface area contributed by atoms with E-state index in [1.165, 1.54) is 0 Å². The molecule has 0 heterocycles. The SMILES string of the molecule is COOSN/C(=C(\C)C=O)C(F)(F)F. The number of hydrogen-bond donors (Lipinski definition) is 1. The second-order valence-corrected chi connectivity index (χ2v) is 2.60. The van der Waals surface area contributed by atoms with Gasteiger partial charge in [0, 0.05) is 5.57 Å². The molecule has 0 unspecified atom stereocenters. The highest BCUT2D eigenvalue weighted by atomic mass is 32.2. The Hall–Kier alpha value is -0.730. The molecule has 0 saturated carbocycles. The molecule has 0 atom stereocenters. The molecule has 0 aromatic rings. The third-order valence-corrected chi connectivity index (χ3v) is 1.59. The van der Waals surface area contributed by atoms with Gasteiger partial charge in [0.15, 0.2) is 0 Å². The Balaban J connectivity index is 4.51. The topological polar surface area (TPSA) is 47.6 Å². The molecule has 1 N–H and O–H groups in total. The summed E-state index contributed by atoms with van der Waals surface area (Å²) in [5, 5.41) is 0. The van der Waals surface area contributed by atoms with Crippen molar-refractivity contribution in [3.63, 3.8) is 0 Å². The number of hydrogen-bond acceptors (Lipinski definition) is 5. The van der Waals surface area contributed by atoms with Gasteiger partial charge in [0.2, 0.25) is 0 Å². The van der Waals surface area contributed by atoms with Gasteiger partial charge in [-0.3, -0.25) is 9.52 Å². The quantitative estimate of drug-likeness (QED) is 0.148. The number of nitrogens with one attached hydrogen (secondary N) is 1. The van der Waals surface area contributed by atoms with Crippen LogP contribution in [0.25, 0.3) is 0 Å². The van der Waals surface area contributed by atoms with Gasteiger partial charge in [-0.05, 0) is 6.92 Å². The van der Waals surface area contributed by atoms with Crippen LogP contribution in [-0.4, -0.2) is 19.6 Å². The van der Waals surface area contributed by atoms with Crippen LogP contribution in [0.5, 0.6) is 0 Å². The van der Waals surface area contributed by atoms with Gasteiger partial charge < -0.3 is 0 Å². The number of allylic oxidation sites excluding steroid dienone is 2. The van der Waals surface area contributed by atoms with E-state index in [9.17, 15) is 18.0 Å². The summed E-state index contributed by atoms with van der Waals surface area (Å²) in [6.07, 6.45) is -4.53. The van der Waals surface area contributed by atoms with Crippen molar-refractivity contribution in [1.82, 2.24) is 4.72 Å². The van der Waals surface area contributed by atoms with E-state index >= 15 is 0 Å². The minimum atomic E-state index is -4.63. The van der Waals surface area contributed by atoms with E-state index in [1.807, 2.05) is 0 Å². The molecular formula is C6H8F3NO3S. The Morgan fingerprint density at radius 3 is 2.43 bits per heavy atom. The lowest BCUT2D eigenvalue weighted by Crippen LogP contribution is -2.24. The third-order valence-electron chi connectivity index (χ3n) is 1.10. The molecule has 0 fully saturated rings. The second-order valence-electron chi connectivity index (χ2n) is 2.09. The molecule has 0 aliphatic carbocycles. The van der Waals surface area contributed by atoms with Gasteiger partial charge >= 0.3 is 6.18 Å². The lowest BCUT2D eigenvalue weighted by atomic mass is 10.2. The van der Waals surface area contributed by atoms with Crippen molar-refractivity contribution in [2.45, 2.75) is 13.1 Å². The van der Waals surface area contributed by atoms with E-state index in [4.69, 9.17) is 0 Å². The molecule has 0 radical (unpaired) electrons. The summed E-state index contributed by atoms with van der Waals surface area (Å²) >= 11 is 0.223. The van der Waals surface area contributed by atoms with Gasteiger partial charge in [-0.1, -0.05) is 0 Å². The molecule has 0 aromatic carbocycles. The zero-order valence-corrected chi connectivity index (χ0v) is 8.16. The molecule has 0 rings (SSSR count).